The van der Waals surface area contributed by atoms with Crippen molar-refractivity contribution >= 4 is 21.9 Å². The molecule has 0 bridgehead atoms. The maximum absolute atomic E-state index is 13.4. The molecule has 2 saturated heterocycles. The lowest BCUT2D eigenvalue weighted by Crippen LogP contribution is -2.60. The fourth-order valence-corrected chi connectivity index (χ4v) is 6.38. The first-order valence-corrected chi connectivity index (χ1v) is 13.2. The van der Waals surface area contributed by atoms with Gasteiger partial charge in [-0.1, -0.05) is 60.7 Å². The lowest BCUT2D eigenvalue weighted by Gasteiger charge is -2.43. The maximum Gasteiger partial charge on any atom is 0.325 e. The molecule has 2 aromatic carbocycles. The van der Waals surface area contributed by atoms with Gasteiger partial charge < -0.3 is 9.64 Å². The van der Waals surface area contributed by atoms with E-state index in [0.717, 1.165) is 11.1 Å². The molecule has 2 heterocycles. The van der Waals surface area contributed by atoms with E-state index in [9.17, 15) is 18.0 Å². The van der Waals surface area contributed by atoms with Gasteiger partial charge >= 0.3 is 5.97 Å². The summed E-state index contributed by atoms with van der Waals surface area (Å²) in [4.78, 5) is 27.2. The third kappa shape index (κ3) is 5.32. The van der Waals surface area contributed by atoms with Crippen molar-refractivity contribution < 1.29 is 22.7 Å². The zero-order chi connectivity index (χ0) is 24.2. The number of rotatable bonds is 8. The van der Waals surface area contributed by atoms with Crippen LogP contribution in [0.1, 0.15) is 30.9 Å². The van der Waals surface area contributed by atoms with Crippen molar-refractivity contribution in [3.63, 3.8) is 0 Å². The Morgan fingerprint density at radius 3 is 2.21 bits per heavy atom. The number of ether oxygens (including phenoxy) is 1. The molecule has 1 amide bonds. The van der Waals surface area contributed by atoms with Crippen molar-refractivity contribution in [3.8, 4) is 0 Å². The Morgan fingerprint density at radius 1 is 1.03 bits per heavy atom. The molecule has 1 N–H and O–H groups in total. The number of hydrogen-bond donors (Lipinski definition) is 1. The smallest absolute Gasteiger partial charge is 0.325 e. The molecule has 1 spiro atoms. The number of amides is 1. The van der Waals surface area contributed by atoms with E-state index in [1.807, 2.05) is 48.5 Å². The molecule has 0 aliphatic carbocycles. The normalized spacial score (nSPS) is 20.6. The lowest BCUT2D eigenvalue weighted by molar-refractivity contribution is -0.151. The zero-order valence-corrected chi connectivity index (χ0v) is 20.2. The maximum atomic E-state index is 13.4. The van der Waals surface area contributed by atoms with Gasteiger partial charge in [0.1, 0.15) is 6.54 Å². The van der Waals surface area contributed by atoms with Gasteiger partial charge in [-0.25, -0.2) is 12.7 Å². The van der Waals surface area contributed by atoms with E-state index in [1.165, 1.54) is 4.31 Å². The van der Waals surface area contributed by atoms with Crippen molar-refractivity contribution in [1.82, 2.24) is 14.5 Å². The number of nitrogens with one attached hydrogen (secondary N) is 1. The van der Waals surface area contributed by atoms with Crippen molar-refractivity contribution in [2.75, 3.05) is 26.2 Å². The van der Waals surface area contributed by atoms with Gasteiger partial charge in [0.15, 0.2) is 0 Å². The summed E-state index contributed by atoms with van der Waals surface area (Å²) in [5.41, 5.74) is 0.982. The van der Waals surface area contributed by atoms with E-state index in [4.69, 9.17) is 4.74 Å². The molecule has 1 atom stereocenters. The van der Waals surface area contributed by atoms with Gasteiger partial charge in [-0.3, -0.25) is 14.9 Å². The Hall–Kier alpha value is -2.75. The molecule has 9 heteroatoms. The minimum absolute atomic E-state index is 0.0592. The molecule has 2 aliphatic heterocycles. The monoisotopic (exact) mass is 485 g/mol. The molecular formula is C25H31N3O5S. The third-order valence-electron chi connectivity index (χ3n) is 6.53. The fraction of sp³-hybridized carbons (Fsp3) is 0.440. The van der Waals surface area contributed by atoms with Crippen LogP contribution in [0.2, 0.25) is 0 Å². The van der Waals surface area contributed by atoms with Crippen molar-refractivity contribution in [3.05, 3.63) is 71.8 Å². The first-order valence-electron chi connectivity index (χ1n) is 11.6. The highest BCUT2D eigenvalue weighted by atomic mass is 32.2. The number of nitrogens with zero attached hydrogens (tertiary/aromatic N) is 2. The Morgan fingerprint density at radius 2 is 1.62 bits per heavy atom. The summed E-state index contributed by atoms with van der Waals surface area (Å²) in [6, 6.07) is 18.3. The van der Waals surface area contributed by atoms with Crippen LogP contribution in [0.4, 0.5) is 0 Å². The van der Waals surface area contributed by atoms with Gasteiger partial charge in [0.2, 0.25) is 15.9 Å². The predicted molar refractivity (Wildman–Crippen MR) is 128 cm³/mol. The van der Waals surface area contributed by atoms with Gasteiger partial charge in [-0.2, -0.15) is 0 Å². The van der Waals surface area contributed by atoms with Crippen LogP contribution < -0.4 is 5.32 Å². The number of sulfonamides is 1. The van der Waals surface area contributed by atoms with Crippen LogP contribution in [0.25, 0.3) is 0 Å². The standard InChI is InChI=1S/C25H31N3O5S/c1-2-33-23(29)18-28-24(30)22(17-20-9-5-3-6-10-20)26-25(28)13-15-27(16-14-25)34(31,32)19-21-11-7-4-8-12-21/h3-12,22,26H,2,13-19H2,1H3. The molecule has 2 aliphatic rings. The molecule has 4 rings (SSSR count). The molecule has 34 heavy (non-hydrogen) atoms. The van der Waals surface area contributed by atoms with E-state index < -0.39 is 27.7 Å². The summed E-state index contributed by atoms with van der Waals surface area (Å²) in [6.45, 7) is 2.35. The number of carbonyl (C=O) groups is 2. The number of carbonyl (C=O) groups excluding carboxylic acids is 2. The SMILES string of the molecule is CCOC(=O)CN1C(=O)C(Cc2ccccc2)NC12CCN(S(=O)(=O)Cc1ccccc1)CC2. The molecule has 0 radical (unpaired) electrons. The molecule has 2 aromatic rings. The largest absolute Gasteiger partial charge is 0.465 e. The van der Waals surface area contributed by atoms with E-state index in [-0.39, 0.29) is 37.9 Å². The summed E-state index contributed by atoms with van der Waals surface area (Å²) in [5.74, 6) is -0.676. The summed E-state index contributed by atoms with van der Waals surface area (Å²) in [7, 11) is -3.50. The van der Waals surface area contributed by atoms with Crippen molar-refractivity contribution in [2.45, 2.75) is 43.6 Å². The number of piperidine rings is 1. The van der Waals surface area contributed by atoms with Gasteiger partial charge in [0.05, 0.1) is 24.1 Å². The fourth-order valence-electron chi connectivity index (χ4n) is 4.84. The summed E-state index contributed by atoms with van der Waals surface area (Å²) in [6.07, 6.45) is 1.30. The highest BCUT2D eigenvalue weighted by molar-refractivity contribution is 7.88. The number of esters is 1. The highest BCUT2D eigenvalue weighted by Crippen LogP contribution is 2.34. The second-order valence-electron chi connectivity index (χ2n) is 8.79. The quantitative estimate of drug-likeness (QED) is 0.574. The molecule has 182 valence electrons. The van der Waals surface area contributed by atoms with Crippen LogP contribution >= 0.6 is 0 Å². The molecular weight excluding hydrogens is 454 g/mol. The van der Waals surface area contributed by atoms with Crippen molar-refractivity contribution in [2.24, 2.45) is 0 Å². The first-order chi connectivity index (χ1) is 16.3. The first kappa shape index (κ1) is 24.4. The van der Waals surface area contributed by atoms with Crippen LogP contribution in [0.3, 0.4) is 0 Å². The highest BCUT2D eigenvalue weighted by Gasteiger charge is 2.52. The van der Waals surface area contributed by atoms with E-state index >= 15 is 0 Å². The molecule has 0 aromatic heterocycles. The Kier molecular flexibility index (Phi) is 7.35. The minimum Gasteiger partial charge on any atom is -0.465 e. The minimum atomic E-state index is -3.50. The van der Waals surface area contributed by atoms with Crippen LogP contribution in [0.5, 0.6) is 0 Å². The molecule has 1 unspecified atom stereocenters. The van der Waals surface area contributed by atoms with Gasteiger partial charge in [0.25, 0.3) is 0 Å². The Balaban J connectivity index is 1.50. The molecule has 0 saturated carbocycles. The van der Waals surface area contributed by atoms with E-state index in [1.54, 1.807) is 24.0 Å². The van der Waals surface area contributed by atoms with Crippen LogP contribution in [0, 0.1) is 0 Å². The molecule has 2 fully saturated rings. The number of benzene rings is 2. The summed E-state index contributed by atoms with van der Waals surface area (Å²) < 4.78 is 32.7. The lowest BCUT2D eigenvalue weighted by atomic mass is 9.97. The average molecular weight is 486 g/mol. The summed E-state index contributed by atoms with van der Waals surface area (Å²) >= 11 is 0. The average Bonchev–Trinajstić information content (AvgIpc) is 3.06. The Bertz CT molecular complexity index is 1100. The van der Waals surface area contributed by atoms with E-state index in [0.29, 0.717) is 19.3 Å². The van der Waals surface area contributed by atoms with Crippen LogP contribution in [0.15, 0.2) is 60.7 Å². The second kappa shape index (κ2) is 10.2. The zero-order valence-electron chi connectivity index (χ0n) is 19.4. The Labute approximate surface area is 200 Å². The predicted octanol–water partition coefficient (Wildman–Crippen LogP) is 1.91. The third-order valence-corrected chi connectivity index (χ3v) is 8.38. The van der Waals surface area contributed by atoms with Gasteiger partial charge in [-0.15, -0.1) is 0 Å². The second-order valence-corrected chi connectivity index (χ2v) is 10.8. The number of hydrogen-bond acceptors (Lipinski definition) is 6. The summed E-state index contributed by atoms with van der Waals surface area (Å²) in [5, 5.41) is 3.47. The molecule has 8 nitrogen and oxygen atoms in total. The topological polar surface area (TPSA) is 96.0 Å². The van der Waals surface area contributed by atoms with Gasteiger partial charge in [-0.05, 0) is 37.3 Å². The van der Waals surface area contributed by atoms with Crippen LogP contribution in [-0.4, -0.2) is 67.4 Å². The van der Waals surface area contributed by atoms with E-state index in [2.05, 4.69) is 5.32 Å². The van der Waals surface area contributed by atoms with Crippen LogP contribution in [-0.2, 0) is 36.5 Å². The van der Waals surface area contributed by atoms with Gasteiger partial charge in [0, 0.05) is 13.1 Å². The van der Waals surface area contributed by atoms with Crippen molar-refractivity contribution in [1.29, 1.82) is 0 Å².